The minimum Gasteiger partial charge on any atom is -0.444 e. The van der Waals surface area contributed by atoms with Gasteiger partial charge in [-0.05, 0) is 32.9 Å². The smallest absolute Gasteiger partial charge is 0.410 e. The van der Waals surface area contributed by atoms with Gasteiger partial charge in [-0.2, -0.15) is 20.4 Å². The molecule has 0 bridgehead atoms. The summed E-state index contributed by atoms with van der Waals surface area (Å²) < 4.78 is 10.7. The number of amides is 1. The molecule has 0 aliphatic carbocycles. The first-order valence-electron chi connectivity index (χ1n) is 11.2. The Labute approximate surface area is 201 Å². The molecule has 1 aliphatic rings. The van der Waals surface area contributed by atoms with Gasteiger partial charge in [-0.1, -0.05) is 6.07 Å². The summed E-state index contributed by atoms with van der Waals surface area (Å²) in [6, 6.07) is 7.95. The normalized spacial score (nSPS) is 15.0. The van der Waals surface area contributed by atoms with Crippen LogP contribution < -0.4 is 5.32 Å². The van der Waals surface area contributed by atoms with E-state index in [1.807, 2.05) is 58.4 Å². The highest BCUT2D eigenvalue weighted by atomic mass is 16.6. The van der Waals surface area contributed by atoms with Gasteiger partial charge in [-0.3, -0.25) is 9.36 Å². The highest BCUT2D eigenvalue weighted by Crippen LogP contribution is 2.34. The van der Waals surface area contributed by atoms with Crippen molar-refractivity contribution in [2.75, 3.05) is 18.4 Å². The van der Waals surface area contributed by atoms with Gasteiger partial charge in [0.25, 0.3) is 0 Å². The molecular weight excluding hydrogens is 448 g/mol. The van der Waals surface area contributed by atoms with Crippen LogP contribution in [0, 0.1) is 11.3 Å². The van der Waals surface area contributed by atoms with Crippen LogP contribution in [0.2, 0.25) is 0 Å². The molecule has 1 aliphatic heterocycles. The minimum absolute atomic E-state index is 0.222. The van der Waals surface area contributed by atoms with Gasteiger partial charge in [0, 0.05) is 25.0 Å². The monoisotopic (exact) mass is 474 g/mol. The second-order valence-electron chi connectivity index (χ2n) is 9.71. The third-order valence-electron chi connectivity index (χ3n) is 5.72. The third-order valence-corrected chi connectivity index (χ3v) is 5.72. The van der Waals surface area contributed by atoms with Crippen LogP contribution in [-0.2, 0) is 17.3 Å². The SMILES string of the molecule is Cn1cc(Nc2nc3cccc(-c4cnn(C5(CC#N)CN(C(=O)OC(C)(C)C)C5)c4)n3n2)cn1. The lowest BCUT2D eigenvalue weighted by atomic mass is 9.87. The first kappa shape index (κ1) is 22.4. The van der Waals surface area contributed by atoms with Crippen LogP contribution in [0.5, 0.6) is 0 Å². The molecule has 1 saturated heterocycles. The fourth-order valence-electron chi connectivity index (χ4n) is 4.11. The number of ether oxygens (including phenoxy) is 1. The molecule has 4 aromatic rings. The van der Waals surface area contributed by atoms with Crippen molar-refractivity contribution in [2.24, 2.45) is 7.05 Å². The number of likely N-dealkylation sites (tertiary alicyclic amines) is 1. The average molecular weight is 475 g/mol. The van der Waals surface area contributed by atoms with Crippen LogP contribution in [-0.4, -0.2) is 63.8 Å². The summed E-state index contributed by atoms with van der Waals surface area (Å²) in [4.78, 5) is 18.6. The zero-order valence-electron chi connectivity index (χ0n) is 20.0. The summed E-state index contributed by atoms with van der Waals surface area (Å²) in [6.45, 7) is 6.19. The predicted octanol–water partition coefficient (Wildman–Crippen LogP) is 2.93. The van der Waals surface area contributed by atoms with Crippen LogP contribution in [0.4, 0.5) is 16.4 Å². The Morgan fingerprint density at radius 1 is 1.23 bits per heavy atom. The molecule has 12 nitrogen and oxygen atoms in total. The number of fused-ring (bicyclic) bond motifs is 1. The molecule has 0 atom stereocenters. The fraction of sp³-hybridized carbons (Fsp3) is 0.391. The number of hydrogen-bond donors (Lipinski definition) is 1. The molecule has 5 rings (SSSR count). The van der Waals surface area contributed by atoms with Gasteiger partial charge in [0.05, 0.1) is 49.4 Å². The van der Waals surface area contributed by atoms with Crippen LogP contribution in [0.3, 0.4) is 0 Å². The second kappa shape index (κ2) is 8.12. The molecule has 5 heterocycles. The predicted molar refractivity (Wildman–Crippen MR) is 127 cm³/mol. The van der Waals surface area contributed by atoms with Gasteiger partial charge in [-0.15, -0.1) is 5.10 Å². The minimum atomic E-state index is -0.604. The standard InChI is InChI=1S/C23H26N10O2/c1-22(2,3)35-21(34)31-14-23(15-31,8-9-24)32-12-16(10-26-32)18-6-5-7-19-28-20(29-33(18)19)27-17-11-25-30(4)13-17/h5-7,10-13H,8,14-15H2,1-4H3,(H,27,29). The van der Waals surface area contributed by atoms with Crippen molar-refractivity contribution < 1.29 is 9.53 Å². The van der Waals surface area contributed by atoms with Crippen LogP contribution in [0.25, 0.3) is 16.9 Å². The molecule has 1 fully saturated rings. The van der Waals surface area contributed by atoms with Crippen molar-refractivity contribution in [2.45, 2.75) is 38.3 Å². The molecule has 35 heavy (non-hydrogen) atoms. The maximum absolute atomic E-state index is 12.4. The third kappa shape index (κ3) is 4.28. The molecule has 0 aromatic carbocycles. The average Bonchev–Trinajstić information content (AvgIpc) is 3.48. The van der Waals surface area contributed by atoms with E-state index in [1.54, 1.807) is 31.2 Å². The zero-order chi connectivity index (χ0) is 24.8. The molecule has 0 unspecified atom stereocenters. The Hall–Kier alpha value is -4.40. The molecular formula is C23H26N10O2. The fourth-order valence-corrected chi connectivity index (χ4v) is 4.11. The Bertz CT molecular complexity index is 1430. The Morgan fingerprint density at radius 2 is 2.03 bits per heavy atom. The van der Waals surface area contributed by atoms with Crippen molar-refractivity contribution in [1.29, 1.82) is 5.26 Å². The van der Waals surface area contributed by atoms with Gasteiger partial charge in [0.2, 0.25) is 5.95 Å². The summed E-state index contributed by atoms with van der Waals surface area (Å²) in [5, 5.41) is 25.9. The number of anilines is 2. The van der Waals surface area contributed by atoms with E-state index in [4.69, 9.17) is 4.74 Å². The van der Waals surface area contributed by atoms with Gasteiger partial charge in [0.1, 0.15) is 11.1 Å². The van der Waals surface area contributed by atoms with Gasteiger partial charge in [0.15, 0.2) is 5.65 Å². The molecule has 0 saturated carbocycles. The largest absolute Gasteiger partial charge is 0.444 e. The number of nitrogens with one attached hydrogen (secondary N) is 1. The first-order valence-corrected chi connectivity index (χ1v) is 11.2. The van der Waals surface area contributed by atoms with Gasteiger partial charge >= 0.3 is 6.09 Å². The van der Waals surface area contributed by atoms with Crippen molar-refractivity contribution in [1.82, 2.24) is 39.1 Å². The number of carbonyl (C=O) groups is 1. The Morgan fingerprint density at radius 3 is 2.71 bits per heavy atom. The molecule has 1 amide bonds. The van der Waals surface area contributed by atoms with Crippen molar-refractivity contribution in [3.8, 4) is 17.3 Å². The molecule has 0 radical (unpaired) electrons. The van der Waals surface area contributed by atoms with E-state index in [1.165, 1.54) is 0 Å². The Kier molecular flexibility index (Phi) is 5.20. The molecule has 0 spiro atoms. The lowest BCUT2D eigenvalue weighted by molar-refractivity contribution is -0.0314. The van der Waals surface area contributed by atoms with Crippen molar-refractivity contribution in [3.63, 3.8) is 0 Å². The second-order valence-corrected chi connectivity index (χ2v) is 9.71. The maximum atomic E-state index is 12.4. The number of nitrogens with zero attached hydrogens (tertiary/aromatic N) is 9. The number of hydrogen-bond acceptors (Lipinski definition) is 8. The maximum Gasteiger partial charge on any atom is 0.410 e. The zero-order valence-corrected chi connectivity index (χ0v) is 20.0. The van der Waals surface area contributed by atoms with Crippen molar-refractivity contribution >= 4 is 23.4 Å². The number of nitriles is 1. The highest BCUT2D eigenvalue weighted by Gasteiger charge is 2.48. The van der Waals surface area contributed by atoms with Crippen LogP contribution in [0.1, 0.15) is 27.2 Å². The number of aryl methyl sites for hydroxylation is 1. The van der Waals surface area contributed by atoms with E-state index < -0.39 is 11.1 Å². The van der Waals surface area contributed by atoms with Crippen LogP contribution in [0.15, 0.2) is 43.0 Å². The molecule has 4 aromatic heterocycles. The van der Waals surface area contributed by atoms with E-state index in [-0.39, 0.29) is 12.5 Å². The van der Waals surface area contributed by atoms with Gasteiger partial charge < -0.3 is 15.0 Å². The Balaban J connectivity index is 1.40. The van der Waals surface area contributed by atoms with Crippen molar-refractivity contribution in [3.05, 3.63) is 43.0 Å². The van der Waals surface area contributed by atoms with Gasteiger partial charge in [-0.25, -0.2) is 9.31 Å². The summed E-state index contributed by atoms with van der Waals surface area (Å²) in [6.07, 6.45) is 6.99. The van der Waals surface area contributed by atoms with E-state index in [0.717, 1.165) is 16.9 Å². The number of pyridine rings is 1. The number of carbonyl (C=O) groups excluding carboxylic acids is 1. The lowest BCUT2D eigenvalue weighted by Gasteiger charge is -2.48. The quantitative estimate of drug-likeness (QED) is 0.467. The summed E-state index contributed by atoms with van der Waals surface area (Å²) in [7, 11) is 1.84. The van der Waals surface area contributed by atoms with E-state index in [9.17, 15) is 10.1 Å². The molecule has 12 heteroatoms. The topological polar surface area (TPSA) is 131 Å². The lowest BCUT2D eigenvalue weighted by Crippen LogP contribution is -2.64. The summed E-state index contributed by atoms with van der Waals surface area (Å²) >= 11 is 0. The summed E-state index contributed by atoms with van der Waals surface area (Å²) in [5.74, 6) is 0.450. The number of aromatic nitrogens is 7. The van der Waals surface area contributed by atoms with E-state index in [2.05, 4.69) is 31.7 Å². The number of rotatable bonds is 5. The first-order chi connectivity index (χ1) is 16.7. The summed E-state index contributed by atoms with van der Waals surface area (Å²) in [5.41, 5.74) is 1.90. The van der Waals surface area contributed by atoms with Crippen LogP contribution >= 0.6 is 0 Å². The van der Waals surface area contributed by atoms with E-state index in [0.29, 0.717) is 24.7 Å². The van der Waals surface area contributed by atoms with E-state index >= 15 is 0 Å². The highest BCUT2D eigenvalue weighted by molar-refractivity contribution is 5.70. The molecule has 1 N–H and O–H groups in total. The molecule has 180 valence electrons.